The number of carbonyl (C=O) groups excluding carboxylic acids is 1. The van der Waals surface area contributed by atoms with Gasteiger partial charge in [0.25, 0.3) is 5.91 Å². The fourth-order valence-corrected chi connectivity index (χ4v) is 2.96. The quantitative estimate of drug-likeness (QED) is 0.698. The molecular weight excluding hydrogens is 382 g/mol. The summed E-state index contributed by atoms with van der Waals surface area (Å²) in [7, 11) is 3.06. The number of hydrogen-bond acceptors (Lipinski definition) is 3. The van der Waals surface area contributed by atoms with Crippen molar-refractivity contribution in [1.82, 2.24) is 0 Å². The van der Waals surface area contributed by atoms with E-state index in [0.717, 1.165) is 0 Å². The van der Waals surface area contributed by atoms with Crippen molar-refractivity contribution < 1.29 is 24.0 Å². The van der Waals surface area contributed by atoms with Crippen molar-refractivity contribution in [3.63, 3.8) is 0 Å². The highest BCUT2D eigenvalue weighted by Crippen LogP contribution is 2.29. The molecule has 2 rings (SSSR count). The summed E-state index contributed by atoms with van der Waals surface area (Å²) in [6.45, 7) is 1.95. The molecule has 3 N–H and O–H groups in total. The van der Waals surface area contributed by atoms with Gasteiger partial charge >= 0.3 is 0 Å². The van der Waals surface area contributed by atoms with E-state index in [9.17, 15) is 9.18 Å². The van der Waals surface area contributed by atoms with E-state index in [2.05, 4.69) is 5.32 Å². The summed E-state index contributed by atoms with van der Waals surface area (Å²) in [6, 6.07) is 7.53. The second-order valence-corrected chi connectivity index (χ2v) is 6.45. The van der Waals surface area contributed by atoms with Crippen molar-refractivity contribution in [2.24, 2.45) is 0 Å². The van der Waals surface area contributed by atoms with E-state index in [0.29, 0.717) is 27.8 Å². The topological polar surface area (TPSA) is 64.2 Å². The molecule has 0 aromatic heterocycles. The van der Waals surface area contributed by atoms with Gasteiger partial charge in [0.2, 0.25) is 0 Å². The number of anilines is 1. The first-order valence-corrected chi connectivity index (χ1v) is 8.61. The third-order valence-electron chi connectivity index (χ3n) is 3.87. The summed E-state index contributed by atoms with van der Waals surface area (Å²) in [6.07, 6.45) is 0. The van der Waals surface area contributed by atoms with E-state index in [1.807, 2.05) is 6.92 Å². The van der Waals surface area contributed by atoms with E-state index >= 15 is 0 Å². The fraction of sp³-hybridized carbons (Fsp3) is 0.278. The van der Waals surface area contributed by atoms with Crippen LogP contribution in [-0.4, -0.2) is 26.7 Å². The van der Waals surface area contributed by atoms with Crippen LogP contribution in [0, 0.1) is 5.82 Å². The first-order valence-electron chi connectivity index (χ1n) is 7.85. The lowest BCUT2D eigenvalue weighted by molar-refractivity contribution is -0.682. The van der Waals surface area contributed by atoms with Gasteiger partial charge in [-0.3, -0.25) is 4.79 Å². The van der Waals surface area contributed by atoms with Crippen LogP contribution in [0.25, 0.3) is 0 Å². The van der Waals surface area contributed by atoms with E-state index in [1.54, 1.807) is 30.6 Å². The molecule has 0 heterocycles. The maximum atomic E-state index is 13.6. The number of hydrogen-bond donors (Lipinski definition) is 2. The summed E-state index contributed by atoms with van der Waals surface area (Å²) in [5.41, 5.74) is 1.11. The van der Waals surface area contributed by atoms with Gasteiger partial charge in [-0.05, 0) is 31.2 Å². The molecular formula is C18H20Cl2FN2O3+. The second kappa shape index (κ2) is 9.07. The Morgan fingerprint density at radius 2 is 1.92 bits per heavy atom. The maximum absolute atomic E-state index is 13.6. The molecule has 0 saturated heterocycles. The summed E-state index contributed by atoms with van der Waals surface area (Å²) in [5.74, 6) is 0.345. The van der Waals surface area contributed by atoms with E-state index in [-0.39, 0.29) is 23.5 Å². The average molecular weight is 402 g/mol. The SMILES string of the molecule is COc1ccc(NC(=O)C[NH2+][C@@H](C)c2cc(F)c(Cl)cc2Cl)c(OC)c1. The maximum Gasteiger partial charge on any atom is 0.279 e. The standard InChI is InChI=1S/C18H19Cl2FN2O3/c1-10(12-7-15(21)14(20)8-13(12)19)22-9-18(24)23-16-5-4-11(25-2)6-17(16)26-3/h4-8,10,22H,9H2,1-3H3,(H,23,24)/p+1/t10-/m0/s1. The molecule has 26 heavy (non-hydrogen) atoms. The van der Waals surface area contributed by atoms with Gasteiger partial charge < -0.3 is 20.1 Å². The molecule has 140 valence electrons. The van der Waals surface area contributed by atoms with Crippen LogP contribution in [0.3, 0.4) is 0 Å². The lowest BCUT2D eigenvalue weighted by Gasteiger charge is -2.14. The molecule has 0 radical (unpaired) electrons. The predicted molar refractivity (Wildman–Crippen MR) is 99.8 cm³/mol. The zero-order valence-corrected chi connectivity index (χ0v) is 16.1. The van der Waals surface area contributed by atoms with E-state index in [1.165, 1.54) is 19.2 Å². The van der Waals surface area contributed by atoms with Crippen molar-refractivity contribution >= 4 is 34.8 Å². The van der Waals surface area contributed by atoms with Crippen molar-refractivity contribution in [2.45, 2.75) is 13.0 Å². The molecule has 1 amide bonds. The van der Waals surface area contributed by atoms with Crippen molar-refractivity contribution in [3.8, 4) is 11.5 Å². The summed E-state index contributed by atoms with van der Waals surface area (Å²) in [4.78, 5) is 12.2. The van der Waals surface area contributed by atoms with Gasteiger partial charge in [-0.25, -0.2) is 4.39 Å². The number of quaternary nitrogens is 1. The molecule has 2 aromatic rings. The van der Waals surface area contributed by atoms with Gasteiger partial charge in [-0.15, -0.1) is 0 Å². The number of amides is 1. The third-order valence-corrected chi connectivity index (χ3v) is 4.49. The number of benzene rings is 2. The minimum absolute atomic E-state index is 0.0321. The van der Waals surface area contributed by atoms with E-state index in [4.69, 9.17) is 32.7 Å². The van der Waals surface area contributed by atoms with Crippen LogP contribution in [0.5, 0.6) is 11.5 Å². The van der Waals surface area contributed by atoms with Gasteiger partial charge in [0.1, 0.15) is 23.4 Å². The number of methoxy groups -OCH3 is 2. The number of nitrogens with two attached hydrogens (primary N) is 1. The zero-order chi connectivity index (χ0) is 19.3. The van der Waals surface area contributed by atoms with Crippen LogP contribution in [0.2, 0.25) is 10.0 Å². The molecule has 0 aliphatic rings. The van der Waals surface area contributed by atoms with Crippen LogP contribution >= 0.6 is 23.2 Å². The highest BCUT2D eigenvalue weighted by atomic mass is 35.5. The minimum atomic E-state index is -0.543. The number of nitrogens with one attached hydrogen (secondary N) is 1. The lowest BCUT2D eigenvalue weighted by atomic mass is 10.1. The van der Waals surface area contributed by atoms with Gasteiger partial charge in [-0.2, -0.15) is 0 Å². The molecule has 0 unspecified atom stereocenters. The Morgan fingerprint density at radius 1 is 1.19 bits per heavy atom. The fourth-order valence-electron chi connectivity index (χ4n) is 2.40. The summed E-state index contributed by atoms with van der Waals surface area (Å²) in [5, 5.41) is 4.85. The highest BCUT2D eigenvalue weighted by Gasteiger charge is 2.18. The van der Waals surface area contributed by atoms with Crippen LogP contribution < -0.4 is 20.1 Å². The zero-order valence-electron chi connectivity index (χ0n) is 14.6. The Kier molecular flexibility index (Phi) is 7.08. The Balaban J connectivity index is 2.00. The highest BCUT2D eigenvalue weighted by molar-refractivity contribution is 6.35. The molecule has 0 bridgehead atoms. The van der Waals surface area contributed by atoms with Gasteiger partial charge in [0.05, 0.1) is 30.0 Å². The lowest BCUT2D eigenvalue weighted by Crippen LogP contribution is -2.86. The number of carbonyl (C=O) groups is 1. The Hall–Kier alpha value is -2.02. The minimum Gasteiger partial charge on any atom is -0.497 e. The monoisotopic (exact) mass is 401 g/mol. The Morgan fingerprint density at radius 3 is 2.58 bits per heavy atom. The average Bonchev–Trinajstić information content (AvgIpc) is 2.63. The van der Waals surface area contributed by atoms with Crippen LogP contribution in [-0.2, 0) is 4.79 Å². The Bertz CT molecular complexity index is 802. The molecule has 1 atom stereocenters. The molecule has 0 fully saturated rings. The molecule has 0 saturated carbocycles. The first kappa shape index (κ1) is 20.3. The van der Waals surface area contributed by atoms with Crippen molar-refractivity contribution in [1.29, 1.82) is 0 Å². The largest absolute Gasteiger partial charge is 0.497 e. The van der Waals surface area contributed by atoms with Gasteiger partial charge in [0, 0.05) is 11.6 Å². The smallest absolute Gasteiger partial charge is 0.279 e. The summed E-state index contributed by atoms with van der Waals surface area (Å²) >= 11 is 11.8. The second-order valence-electron chi connectivity index (χ2n) is 5.63. The van der Waals surface area contributed by atoms with Crippen molar-refractivity contribution in [3.05, 3.63) is 51.8 Å². The molecule has 5 nitrogen and oxygen atoms in total. The molecule has 0 aliphatic carbocycles. The normalized spacial score (nSPS) is 11.8. The molecule has 2 aromatic carbocycles. The number of rotatable bonds is 7. The molecule has 8 heteroatoms. The number of halogens is 3. The number of ether oxygens (including phenoxy) is 2. The van der Waals surface area contributed by atoms with E-state index < -0.39 is 5.82 Å². The molecule has 0 aliphatic heterocycles. The van der Waals surface area contributed by atoms with Gasteiger partial charge in [0.15, 0.2) is 6.54 Å². The third kappa shape index (κ3) is 5.00. The summed E-state index contributed by atoms with van der Waals surface area (Å²) < 4.78 is 24.0. The van der Waals surface area contributed by atoms with Crippen LogP contribution in [0.1, 0.15) is 18.5 Å². The van der Waals surface area contributed by atoms with Crippen LogP contribution in [0.15, 0.2) is 30.3 Å². The van der Waals surface area contributed by atoms with Crippen molar-refractivity contribution in [2.75, 3.05) is 26.1 Å². The molecule has 0 spiro atoms. The van der Waals surface area contributed by atoms with Crippen LogP contribution in [0.4, 0.5) is 10.1 Å². The predicted octanol–water partition coefficient (Wildman–Crippen LogP) is 3.41. The first-order chi connectivity index (χ1) is 12.3. The Labute approximate surface area is 161 Å². The van der Waals surface area contributed by atoms with Gasteiger partial charge in [-0.1, -0.05) is 23.2 Å².